The van der Waals surface area contributed by atoms with Gasteiger partial charge < -0.3 is 13.9 Å². The summed E-state index contributed by atoms with van der Waals surface area (Å²) in [5.41, 5.74) is 0.976. The average molecular weight is 557 g/mol. The van der Waals surface area contributed by atoms with Crippen molar-refractivity contribution in [3.8, 4) is 0 Å². The molecule has 0 saturated carbocycles. The van der Waals surface area contributed by atoms with E-state index in [1.54, 1.807) is 24.3 Å². The molecule has 0 bridgehead atoms. The molecule has 0 aromatic heterocycles. The van der Waals surface area contributed by atoms with Crippen LogP contribution in [-0.2, 0) is 28.2 Å². The predicted molar refractivity (Wildman–Crippen MR) is 154 cm³/mol. The van der Waals surface area contributed by atoms with E-state index in [4.69, 9.17) is 18.1 Å². The lowest BCUT2D eigenvalue weighted by Crippen LogP contribution is -2.66. The van der Waals surface area contributed by atoms with Crippen molar-refractivity contribution in [2.24, 2.45) is 0 Å². The molecule has 38 heavy (non-hydrogen) atoms. The molecule has 3 rings (SSSR count). The van der Waals surface area contributed by atoms with Gasteiger partial charge in [-0.15, -0.1) is 0 Å². The molecule has 8 heteroatoms. The summed E-state index contributed by atoms with van der Waals surface area (Å²) in [6.45, 7) is 9.22. The van der Waals surface area contributed by atoms with Crippen molar-refractivity contribution in [2.75, 3.05) is 27.1 Å². The third-order valence-corrected chi connectivity index (χ3v) is 12.9. The van der Waals surface area contributed by atoms with E-state index in [1.807, 2.05) is 19.1 Å². The van der Waals surface area contributed by atoms with Gasteiger partial charge in [-0.2, -0.15) is 8.42 Å². The van der Waals surface area contributed by atoms with Gasteiger partial charge in [0.1, 0.15) is 12.9 Å². The molecule has 206 valence electrons. The number of methoxy groups -OCH3 is 1. The molecular formula is C30H40O6SSi. The summed E-state index contributed by atoms with van der Waals surface area (Å²) in [7, 11) is -5.08. The molecule has 0 N–H and O–H groups in total. The Labute approximate surface area is 229 Å². The Kier molecular flexibility index (Phi) is 10.8. The highest BCUT2D eigenvalue weighted by atomic mass is 32.2. The van der Waals surface area contributed by atoms with E-state index >= 15 is 0 Å². The van der Waals surface area contributed by atoms with Crippen LogP contribution in [0.3, 0.4) is 0 Å². The van der Waals surface area contributed by atoms with Crippen LogP contribution in [0, 0.1) is 6.92 Å². The van der Waals surface area contributed by atoms with E-state index in [-0.39, 0.29) is 23.3 Å². The van der Waals surface area contributed by atoms with Gasteiger partial charge in [0.15, 0.2) is 0 Å². The molecule has 0 saturated heterocycles. The van der Waals surface area contributed by atoms with Crippen LogP contribution in [0.2, 0.25) is 5.04 Å². The minimum Gasteiger partial charge on any atom is -0.407 e. The van der Waals surface area contributed by atoms with Crippen LogP contribution < -0.4 is 10.4 Å². The second-order valence-corrected chi connectivity index (χ2v) is 16.3. The van der Waals surface area contributed by atoms with E-state index < -0.39 is 24.5 Å². The molecule has 0 spiro atoms. The monoisotopic (exact) mass is 556 g/mol. The van der Waals surface area contributed by atoms with Gasteiger partial charge in [0.05, 0.1) is 11.5 Å². The molecule has 1 atom stereocenters. The average Bonchev–Trinajstić information content (AvgIpc) is 2.89. The Morgan fingerprint density at radius 3 is 1.89 bits per heavy atom. The first-order valence-corrected chi connectivity index (χ1v) is 16.2. The van der Waals surface area contributed by atoms with Crippen LogP contribution in [0.15, 0.2) is 89.8 Å². The maximum absolute atomic E-state index is 12.9. The van der Waals surface area contributed by atoms with Gasteiger partial charge in [0.25, 0.3) is 18.4 Å². The number of rotatable bonds is 14. The highest BCUT2D eigenvalue weighted by Crippen LogP contribution is 2.37. The molecule has 0 radical (unpaired) electrons. The summed E-state index contributed by atoms with van der Waals surface area (Å²) in [4.78, 5) is 0.128. The number of benzene rings is 3. The molecule has 0 unspecified atom stereocenters. The van der Waals surface area contributed by atoms with E-state index in [0.717, 1.165) is 5.56 Å². The van der Waals surface area contributed by atoms with Crippen LogP contribution in [-0.4, -0.2) is 50.0 Å². The fourth-order valence-electron chi connectivity index (χ4n) is 4.66. The van der Waals surface area contributed by atoms with Gasteiger partial charge in [-0.3, -0.25) is 4.18 Å². The third-order valence-electron chi connectivity index (χ3n) is 6.48. The van der Waals surface area contributed by atoms with Gasteiger partial charge in [0, 0.05) is 13.7 Å². The highest BCUT2D eigenvalue weighted by molar-refractivity contribution is 7.86. The second-order valence-electron chi connectivity index (χ2n) is 10.4. The first-order valence-electron chi connectivity index (χ1n) is 12.9. The van der Waals surface area contributed by atoms with Crippen molar-refractivity contribution >= 4 is 28.8 Å². The summed E-state index contributed by atoms with van der Waals surface area (Å²) < 4.78 is 48.9. The Morgan fingerprint density at radius 2 is 1.39 bits per heavy atom. The van der Waals surface area contributed by atoms with Crippen molar-refractivity contribution in [3.63, 3.8) is 0 Å². The fraction of sp³-hybridized carbons (Fsp3) is 0.400. The normalized spacial score (nSPS) is 13.4. The van der Waals surface area contributed by atoms with Crippen molar-refractivity contribution in [1.29, 1.82) is 0 Å². The topological polar surface area (TPSA) is 71.1 Å². The lowest BCUT2D eigenvalue weighted by Gasteiger charge is -2.43. The van der Waals surface area contributed by atoms with Crippen molar-refractivity contribution in [3.05, 3.63) is 90.5 Å². The summed E-state index contributed by atoms with van der Waals surface area (Å²) in [5, 5.41) is 2.27. The summed E-state index contributed by atoms with van der Waals surface area (Å²) in [5.74, 6) is 0. The molecule has 6 nitrogen and oxygen atoms in total. The summed E-state index contributed by atoms with van der Waals surface area (Å²) in [6.07, 6.45) is 0.390. The molecule has 3 aromatic carbocycles. The molecule has 0 aliphatic carbocycles. The fourth-order valence-corrected chi connectivity index (χ4v) is 10.4. The van der Waals surface area contributed by atoms with Gasteiger partial charge >= 0.3 is 0 Å². The number of hydrogen-bond acceptors (Lipinski definition) is 6. The molecule has 0 aliphatic rings. The minimum absolute atomic E-state index is 0.0585. The standard InChI is InChI=1S/C30H40O6SSi/c1-25-18-20-27(21-19-25)37(31,32)36-26(23-34-24-33-5)13-12-22-35-38(30(2,3)4,28-14-8-6-9-15-28)29-16-10-7-11-17-29/h6-11,14-21,26H,12-13,22-24H2,1-5H3/t26-/m0/s1. The number of aryl methyl sites for hydroxylation is 1. The van der Waals surface area contributed by atoms with E-state index in [1.165, 1.54) is 17.5 Å². The highest BCUT2D eigenvalue weighted by Gasteiger charge is 2.50. The van der Waals surface area contributed by atoms with Crippen LogP contribution in [0.4, 0.5) is 0 Å². The quantitative estimate of drug-likeness (QED) is 0.120. The van der Waals surface area contributed by atoms with Crippen LogP contribution in [0.25, 0.3) is 0 Å². The first-order chi connectivity index (χ1) is 18.1. The second kappa shape index (κ2) is 13.6. The molecule has 0 fully saturated rings. The van der Waals surface area contributed by atoms with Crippen LogP contribution in [0.1, 0.15) is 39.2 Å². The SMILES string of the molecule is COCOC[C@H](CCCO[Si](c1ccccc1)(c1ccccc1)C(C)(C)C)OS(=O)(=O)c1ccc(C)cc1. The molecule has 0 amide bonds. The van der Waals surface area contributed by atoms with E-state index in [0.29, 0.717) is 19.4 Å². The number of hydrogen-bond donors (Lipinski definition) is 0. The van der Waals surface area contributed by atoms with Crippen molar-refractivity contribution in [1.82, 2.24) is 0 Å². The van der Waals surface area contributed by atoms with Gasteiger partial charge in [-0.1, -0.05) is 99.1 Å². The molecule has 0 aliphatic heterocycles. The minimum atomic E-state index is -3.94. The summed E-state index contributed by atoms with van der Waals surface area (Å²) >= 11 is 0. The van der Waals surface area contributed by atoms with E-state index in [9.17, 15) is 8.42 Å². The smallest absolute Gasteiger partial charge is 0.297 e. The maximum Gasteiger partial charge on any atom is 0.297 e. The lowest BCUT2D eigenvalue weighted by atomic mass is 10.2. The zero-order chi connectivity index (χ0) is 27.7. The van der Waals surface area contributed by atoms with Gasteiger partial charge in [0.2, 0.25) is 0 Å². The predicted octanol–water partition coefficient (Wildman–Crippen LogP) is 5.05. The maximum atomic E-state index is 12.9. The van der Waals surface area contributed by atoms with Crippen molar-refractivity contribution in [2.45, 2.75) is 56.6 Å². The van der Waals surface area contributed by atoms with Crippen LogP contribution >= 0.6 is 0 Å². The van der Waals surface area contributed by atoms with Gasteiger partial charge in [-0.05, 0) is 47.3 Å². The molecule has 0 heterocycles. The summed E-state index contributed by atoms with van der Waals surface area (Å²) in [6, 6.07) is 27.5. The zero-order valence-electron chi connectivity index (χ0n) is 23.1. The molecule has 3 aromatic rings. The molecular weight excluding hydrogens is 516 g/mol. The number of ether oxygens (including phenoxy) is 2. The Balaban J connectivity index is 1.78. The largest absolute Gasteiger partial charge is 0.407 e. The third kappa shape index (κ3) is 7.62. The Bertz CT molecular complexity index is 1170. The Morgan fingerprint density at radius 1 is 0.842 bits per heavy atom. The lowest BCUT2D eigenvalue weighted by molar-refractivity contribution is -0.0572. The van der Waals surface area contributed by atoms with Crippen LogP contribution in [0.5, 0.6) is 0 Å². The zero-order valence-corrected chi connectivity index (χ0v) is 24.9. The van der Waals surface area contributed by atoms with Crippen molar-refractivity contribution < 1.29 is 26.5 Å². The van der Waals surface area contributed by atoms with Gasteiger partial charge in [-0.25, -0.2) is 0 Å². The van der Waals surface area contributed by atoms with E-state index in [2.05, 4.69) is 69.3 Å². The Hall–Kier alpha value is -2.33. The first kappa shape index (κ1) is 30.2.